The van der Waals surface area contributed by atoms with Crippen LogP contribution in [0.1, 0.15) is 22.3 Å². The largest absolute Gasteiger partial charge is 0.493 e. The van der Waals surface area contributed by atoms with E-state index in [-0.39, 0.29) is 11.5 Å². The summed E-state index contributed by atoms with van der Waals surface area (Å²) in [7, 11) is 4.37. The lowest BCUT2D eigenvalue weighted by molar-refractivity contribution is -0.122. The summed E-state index contributed by atoms with van der Waals surface area (Å²) in [6.45, 7) is 0.293. The lowest BCUT2D eigenvalue weighted by atomic mass is 10.1. The normalized spacial score (nSPS) is 14.6. The maximum atomic E-state index is 13.6. The predicted octanol–water partition coefficient (Wildman–Crippen LogP) is 4.20. The molecule has 1 unspecified atom stereocenters. The Morgan fingerprint density at radius 3 is 2.30 bits per heavy atom. The van der Waals surface area contributed by atoms with E-state index < -0.39 is 29.6 Å². The average Bonchev–Trinajstić information content (AvgIpc) is 3.26. The highest BCUT2D eigenvalue weighted by molar-refractivity contribution is 7.80. The number of amides is 2. The van der Waals surface area contributed by atoms with Crippen molar-refractivity contribution in [1.82, 2.24) is 4.90 Å². The molecule has 0 bridgehead atoms. The molecule has 1 saturated heterocycles. The molecule has 1 heterocycles. The average molecular weight is 566 g/mol. The predicted molar refractivity (Wildman–Crippen MR) is 151 cm³/mol. The molecule has 1 N–H and O–H groups in total. The number of imide groups is 1. The van der Waals surface area contributed by atoms with Gasteiger partial charge in [0, 0.05) is 12.2 Å². The van der Waals surface area contributed by atoms with E-state index in [1.807, 2.05) is 12.1 Å². The summed E-state index contributed by atoms with van der Waals surface area (Å²) in [6.07, 6.45) is 0.367. The number of esters is 1. The van der Waals surface area contributed by atoms with Gasteiger partial charge in [-0.25, -0.2) is 14.1 Å². The number of nitrogens with zero attached hydrogens (tertiary/aromatic N) is 2. The number of methoxy groups -OCH3 is 3. The summed E-state index contributed by atoms with van der Waals surface area (Å²) in [5.74, 6) is -0.628. The Morgan fingerprint density at radius 2 is 1.68 bits per heavy atom. The third-order valence-electron chi connectivity index (χ3n) is 6.49. The number of carbonyl (C=O) groups excluding carboxylic acids is 3. The highest BCUT2D eigenvalue weighted by Gasteiger charge is 2.43. The number of hydrogen-bond acceptors (Lipinski definition) is 7. The van der Waals surface area contributed by atoms with Crippen molar-refractivity contribution in [3.05, 3.63) is 83.7 Å². The number of ether oxygens (including phenoxy) is 3. The van der Waals surface area contributed by atoms with Gasteiger partial charge in [0.25, 0.3) is 5.91 Å². The third-order valence-corrected chi connectivity index (χ3v) is 6.83. The van der Waals surface area contributed by atoms with Crippen molar-refractivity contribution in [1.29, 1.82) is 0 Å². The van der Waals surface area contributed by atoms with E-state index in [0.29, 0.717) is 41.4 Å². The van der Waals surface area contributed by atoms with Crippen molar-refractivity contribution in [2.75, 3.05) is 38.1 Å². The van der Waals surface area contributed by atoms with Crippen LogP contribution in [-0.4, -0.2) is 61.7 Å². The molecule has 11 heteroatoms. The molecule has 3 aromatic rings. The van der Waals surface area contributed by atoms with Crippen molar-refractivity contribution in [3.63, 3.8) is 0 Å². The topological polar surface area (TPSA) is 97.4 Å². The second-order valence-electron chi connectivity index (χ2n) is 8.90. The zero-order valence-electron chi connectivity index (χ0n) is 22.2. The molecular weight excluding hydrogens is 537 g/mol. The molecule has 1 fully saturated rings. The third kappa shape index (κ3) is 6.20. The van der Waals surface area contributed by atoms with Crippen molar-refractivity contribution < 1.29 is 33.0 Å². The van der Waals surface area contributed by atoms with Gasteiger partial charge >= 0.3 is 5.97 Å². The second-order valence-corrected chi connectivity index (χ2v) is 9.28. The fourth-order valence-corrected chi connectivity index (χ4v) is 4.74. The Kier molecular flexibility index (Phi) is 8.95. The summed E-state index contributed by atoms with van der Waals surface area (Å²) >= 11 is 5.68. The van der Waals surface area contributed by atoms with Crippen LogP contribution >= 0.6 is 12.2 Å². The monoisotopic (exact) mass is 565 g/mol. The Hall–Kier alpha value is -4.51. The van der Waals surface area contributed by atoms with Crippen LogP contribution in [-0.2, 0) is 20.7 Å². The molecule has 9 nitrogen and oxygen atoms in total. The number of carbonyl (C=O) groups is 3. The quantitative estimate of drug-likeness (QED) is 0.233. The van der Waals surface area contributed by atoms with Gasteiger partial charge in [0.05, 0.1) is 39.0 Å². The SMILES string of the molecule is COC(=O)c1ccc(N2C(=O)CC(N(CCc3ccc(OC)c(OC)c3)C(=S)Nc3ccc(F)cc3)C2=O)cc1. The first kappa shape index (κ1) is 28.5. The van der Waals surface area contributed by atoms with E-state index in [2.05, 4.69) is 5.32 Å². The van der Waals surface area contributed by atoms with Gasteiger partial charge in [-0.3, -0.25) is 9.59 Å². The molecule has 4 rings (SSSR count). The number of rotatable bonds is 9. The van der Waals surface area contributed by atoms with Gasteiger partial charge in [-0.1, -0.05) is 6.07 Å². The summed E-state index contributed by atoms with van der Waals surface area (Å²) in [5.41, 5.74) is 2.07. The molecular formula is C29H28FN3O6S. The minimum absolute atomic E-state index is 0.102. The number of halogens is 1. The number of thiocarbonyl (C=S) groups is 1. The molecule has 3 aromatic carbocycles. The molecule has 1 atom stereocenters. The molecule has 208 valence electrons. The molecule has 2 amide bonds. The van der Waals surface area contributed by atoms with Crippen molar-refractivity contribution >= 4 is 46.5 Å². The van der Waals surface area contributed by atoms with E-state index in [1.54, 1.807) is 25.2 Å². The molecule has 0 saturated carbocycles. The van der Waals surface area contributed by atoms with Crippen LogP contribution in [0.2, 0.25) is 0 Å². The molecule has 0 radical (unpaired) electrons. The molecule has 0 aliphatic carbocycles. The van der Waals surface area contributed by atoms with Crippen LogP contribution < -0.4 is 19.7 Å². The summed E-state index contributed by atoms with van der Waals surface area (Å²) < 4.78 is 28.9. The number of anilines is 2. The molecule has 0 spiro atoms. The smallest absolute Gasteiger partial charge is 0.337 e. The molecule has 1 aliphatic rings. The molecule has 1 aliphatic heterocycles. The van der Waals surface area contributed by atoms with Gasteiger partial charge in [0.2, 0.25) is 5.91 Å². The van der Waals surface area contributed by atoms with E-state index in [0.717, 1.165) is 10.5 Å². The summed E-state index contributed by atoms with van der Waals surface area (Å²) in [6, 6.07) is 16.3. The maximum Gasteiger partial charge on any atom is 0.337 e. The van der Waals surface area contributed by atoms with Gasteiger partial charge in [-0.15, -0.1) is 0 Å². The highest BCUT2D eigenvalue weighted by Crippen LogP contribution is 2.30. The number of hydrogen-bond donors (Lipinski definition) is 1. The molecule has 40 heavy (non-hydrogen) atoms. The Labute approximate surface area is 236 Å². The first-order valence-corrected chi connectivity index (χ1v) is 12.8. The van der Waals surface area contributed by atoms with E-state index in [1.165, 1.54) is 55.6 Å². The summed E-state index contributed by atoms with van der Waals surface area (Å²) in [5, 5.41) is 3.26. The highest BCUT2D eigenvalue weighted by atomic mass is 32.1. The lowest BCUT2D eigenvalue weighted by Gasteiger charge is -2.30. The summed E-state index contributed by atoms with van der Waals surface area (Å²) in [4.78, 5) is 41.3. The maximum absolute atomic E-state index is 13.6. The van der Waals surface area contributed by atoms with Gasteiger partial charge in [-0.05, 0) is 84.9 Å². The lowest BCUT2D eigenvalue weighted by Crippen LogP contribution is -2.48. The fraction of sp³-hybridized carbons (Fsp3) is 0.241. The van der Waals surface area contributed by atoms with Crippen molar-refractivity contribution in [3.8, 4) is 11.5 Å². The van der Waals surface area contributed by atoms with Crippen LogP contribution in [0.4, 0.5) is 15.8 Å². The van der Waals surface area contributed by atoms with E-state index >= 15 is 0 Å². The van der Waals surface area contributed by atoms with Crippen LogP contribution in [0, 0.1) is 5.82 Å². The van der Waals surface area contributed by atoms with Crippen molar-refractivity contribution in [2.24, 2.45) is 0 Å². The van der Waals surface area contributed by atoms with Crippen LogP contribution in [0.25, 0.3) is 0 Å². The molecule has 0 aromatic heterocycles. The zero-order valence-corrected chi connectivity index (χ0v) is 23.0. The first-order chi connectivity index (χ1) is 19.2. The number of nitrogens with one attached hydrogen (secondary N) is 1. The standard InChI is InChI=1S/C29H28FN3O6S/c1-37-24-13-4-18(16-25(24)38-2)14-15-32(29(40)31-21-9-7-20(30)8-10-21)23-17-26(34)33(27(23)35)22-11-5-19(6-12-22)28(36)39-3/h4-13,16,23H,14-15,17H2,1-3H3,(H,31,40). The van der Waals surface area contributed by atoms with Crippen molar-refractivity contribution in [2.45, 2.75) is 18.9 Å². The Bertz CT molecular complexity index is 1410. The second kappa shape index (κ2) is 12.6. The zero-order chi connectivity index (χ0) is 28.8. The van der Waals surface area contributed by atoms with E-state index in [4.69, 9.17) is 26.4 Å². The number of benzene rings is 3. The Balaban J connectivity index is 1.59. The van der Waals surface area contributed by atoms with Crippen LogP contribution in [0.3, 0.4) is 0 Å². The van der Waals surface area contributed by atoms with Crippen LogP contribution in [0.5, 0.6) is 11.5 Å². The van der Waals surface area contributed by atoms with Gasteiger partial charge in [0.15, 0.2) is 16.6 Å². The van der Waals surface area contributed by atoms with Crippen LogP contribution in [0.15, 0.2) is 66.7 Å². The first-order valence-electron chi connectivity index (χ1n) is 12.3. The minimum atomic E-state index is -0.881. The van der Waals surface area contributed by atoms with Gasteiger partial charge < -0.3 is 24.4 Å². The van der Waals surface area contributed by atoms with Gasteiger partial charge in [0.1, 0.15) is 11.9 Å². The minimum Gasteiger partial charge on any atom is -0.493 e. The fourth-order valence-electron chi connectivity index (χ4n) is 4.41. The van der Waals surface area contributed by atoms with E-state index in [9.17, 15) is 18.8 Å². The Morgan fingerprint density at radius 1 is 1.00 bits per heavy atom. The van der Waals surface area contributed by atoms with Gasteiger partial charge in [-0.2, -0.15) is 0 Å².